The predicted molar refractivity (Wildman–Crippen MR) is 54.3 cm³/mol. The Morgan fingerprint density at radius 1 is 1.42 bits per heavy atom. The average Bonchev–Trinajstić information content (AvgIpc) is 2.20. The zero-order valence-corrected chi connectivity index (χ0v) is 9.06. The lowest BCUT2D eigenvalue weighted by atomic mass is 9.79. The first kappa shape index (κ1) is 10.0. The van der Waals surface area contributed by atoms with E-state index >= 15 is 0 Å². The first-order valence-electron chi connectivity index (χ1n) is 5.25. The highest BCUT2D eigenvalue weighted by Gasteiger charge is 2.36. The van der Waals surface area contributed by atoms with Crippen LogP contribution in [0.1, 0.15) is 40.0 Å². The van der Waals surface area contributed by atoms with E-state index in [-0.39, 0.29) is 0 Å². The summed E-state index contributed by atoms with van der Waals surface area (Å²) in [6.45, 7) is 9.70. The van der Waals surface area contributed by atoms with E-state index in [1.807, 2.05) is 0 Å². The Balaban J connectivity index is 2.42. The van der Waals surface area contributed by atoms with Gasteiger partial charge in [-0.1, -0.05) is 33.6 Å². The Morgan fingerprint density at radius 3 is 2.50 bits per heavy atom. The molecule has 12 heavy (non-hydrogen) atoms. The fourth-order valence-corrected chi connectivity index (χ4v) is 2.45. The van der Waals surface area contributed by atoms with Crippen molar-refractivity contribution < 1.29 is 0 Å². The minimum atomic E-state index is 0.559. The average molecular weight is 169 g/mol. The van der Waals surface area contributed by atoms with E-state index in [1.165, 1.54) is 32.4 Å². The summed E-state index contributed by atoms with van der Waals surface area (Å²) in [7, 11) is 2.24. The number of unbranched alkanes of at least 4 members (excludes halogenated alkanes) is 1. The number of hydrogen-bond acceptors (Lipinski definition) is 1. The fraction of sp³-hybridized carbons (Fsp3) is 1.00. The van der Waals surface area contributed by atoms with Crippen molar-refractivity contribution in [1.82, 2.24) is 4.90 Å². The fourth-order valence-electron chi connectivity index (χ4n) is 2.45. The van der Waals surface area contributed by atoms with Gasteiger partial charge in [0.15, 0.2) is 0 Å². The molecule has 1 nitrogen and oxygen atoms in total. The third-order valence-corrected chi connectivity index (χ3v) is 3.22. The summed E-state index contributed by atoms with van der Waals surface area (Å²) in [5.74, 6) is 0.933. The first-order valence-corrected chi connectivity index (χ1v) is 5.25. The third-order valence-electron chi connectivity index (χ3n) is 3.22. The third kappa shape index (κ3) is 2.22. The highest BCUT2D eigenvalue weighted by Crippen LogP contribution is 2.37. The van der Waals surface area contributed by atoms with Gasteiger partial charge in [0.2, 0.25) is 0 Å². The quantitative estimate of drug-likeness (QED) is 0.628. The van der Waals surface area contributed by atoms with Crippen molar-refractivity contribution >= 4 is 0 Å². The van der Waals surface area contributed by atoms with E-state index in [0.717, 1.165) is 5.92 Å². The van der Waals surface area contributed by atoms with Crippen LogP contribution in [-0.4, -0.2) is 25.0 Å². The maximum Gasteiger partial charge on any atom is 0.00329 e. The van der Waals surface area contributed by atoms with Crippen molar-refractivity contribution in [3.8, 4) is 0 Å². The normalized spacial score (nSPS) is 29.5. The van der Waals surface area contributed by atoms with Crippen molar-refractivity contribution in [3.63, 3.8) is 0 Å². The van der Waals surface area contributed by atoms with E-state index < -0.39 is 0 Å². The molecule has 0 amide bonds. The first-order chi connectivity index (χ1) is 5.56. The van der Waals surface area contributed by atoms with Gasteiger partial charge in [0, 0.05) is 13.1 Å². The zero-order chi connectivity index (χ0) is 9.19. The minimum absolute atomic E-state index is 0.559. The summed E-state index contributed by atoms with van der Waals surface area (Å²) in [6, 6.07) is 0. The largest absolute Gasteiger partial charge is 0.306 e. The Kier molecular flexibility index (Phi) is 3.16. The van der Waals surface area contributed by atoms with Gasteiger partial charge in [-0.25, -0.2) is 0 Å². The van der Waals surface area contributed by atoms with Gasteiger partial charge in [0.1, 0.15) is 0 Å². The predicted octanol–water partition coefficient (Wildman–Crippen LogP) is 2.76. The maximum atomic E-state index is 2.47. The molecule has 72 valence electrons. The van der Waals surface area contributed by atoms with Gasteiger partial charge in [-0.05, 0) is 24.8 Å². The molecule has 0 aromatic heterocycles. The Hall–Kier alpha value is -0.0400. The second kappa shape index (κ2) is 3.78. The molecule has 1 heterocycles. The van der Waals surface area contributed by atoms with Crippen LogP contribution in [0, 0.1) is 11.3 Å². The van der Waals surface area contributed by atoms with Gasteiger partial charge in [0.25, 0.3) is 0 Å². The van der Waals surface area contributed by atoms with Crippen molar-refractivity contribution in [2.45, 2.75) is 40.0 Å². The second-order valence-corrected chi connectivity index (χ2v) is 5.02. The number of nitrogens with zero attached hydrogens (tertiary/aromatic N) is 1. The second-order valence-electron chi connectivity index (χ2n) is 5.02. The molecule has 0 bridgehead atoms. The van der Waals surface area contributed by atoms with E-state index in [1.54, 1.807) is 0 Å². The van der Waals surface area contributed by atoms with Crippen LogP contribution in [0.2, 0.25) is 0 Å². The van der Waals surface area contributed by atoms with E-state index in [0.29, 0.717) is 5.41 Å². The van der Waals surface area contributed by atoms with Crippen LogP contribution in [0.25, 0.3) is 0 Å². The molecule has 1 rings (SSSR count). The van der Waals surface area contributed by atoms with Gasteiger partial charge >= 0.3 is 0 Å². The van der Waals surface area contributed by atoms with Gasteiger partial charge in [0.05, 0.1) is 0 Å². The lowest BCUT2D eigenvalue weighted by Gasteiger charge is -2.25. The van der Waals surface area contributed by atoms with Crippen molar-refractivity contribution in [2.75, 3.05) is 20.1 Å². The minimum Gasteiger partial charge on any atom is -0.306 e. The van der Waals surface area contributed by atoms with Gasteiger partial charge < -0.3 is 4.90 Å². The summed E-state index contributed by atoms with van der Waals surface area (Å²) < 4.78 is 0. The van der Waals surface area contributed by atoms with Crippen molar-refractivity contribution in [1.29, 1.82) is 0 Å². The maximum absolute atomic E-state index is 2.47. The summed E-state index contributed by atoms with van der Waals surface area (Å²) in [5, 5.41) is 0. The number of rotatable bonds is 3. The van der Waals surface area contributed by atoms with Crippen LogP contribution in [-0.2, 0) is 0 Å². The molecule has 1 unspecified atom stereocenters. The Morgan fingerprint density at radius 2 is 2.08 bits per heavy atom. The SMILES string of the molecule is CCCCC1CN(C)CC1(C)C. The zero-order valence-electron chi connectivity index (χ0n) is 9.06. The van der Waals surface area contributed by atoms with Crippen LogP contribution in [0.5, 0.6) is 0 Å². The molecule has 1 heteroatoms. The number of hydrogen-bond donors (Lipinski definition) is 0. The molecule has 1 atom stereocenters. The Labute approximate surface area is 77.1 Å². The molecule has 0 radical (unpaired) electrons. The smallest absolute Gasteiger partial charge is 0.00329 e. The molecule has 1 saturated heterocycles. The molecular formula is C11H23N. The molecule has 0 saturated carbocycles. The number of likely N-dealkylation sites (tertiary alicyclic amines) is 1. The standard InChI is InChI=1S/C11H23N/c1-5-6-7-10-8-12(4)9-11(10,2)3/h10H,5-9H2,1-4H3. The van der Waals surface area contributed by atoms with E-state index in [2.05, 4.69) is 32.7 Å². The van der Waals surface area contributed by atoms with Gasteiger partial charge in [-0.2, -0.15) is 0 Å². The van der Waals surface area contributed by atoms with E-state index in [9.17, 15) is 0 Å². The monoisotopic (exact) mass is 169 g/mol. The van der Waals surface area contributed by atoms with Crippen LogP contribution in [0.3, 0.4) is 0 Å². The van der Waals surface area contributed by atoms with Crippen LogP contribution in [0.4, 0.5) is 0 Å². The van der Waals surface area contributed by atoms with Gasteiger partial charge in [-0.15, -0.1) is 0 Å². The highest BCUT2D eigenvalue weighted by atomic mass is 15.1. The topological polar surface area (TPSA) is 3.24 Å². The van der Waals surface area contributed by atoms with E-state index in [4.69, 9.17) is 0 Å². The lowest BCUT2D eigenvalue weighted by molar-refractivity contribution is 0.265. The van der Waals surface area contributed by atoms with Crippen molar-refractivity contribution in [3.05, 3.63) is 0 Å². The molecule has 0 aromatic carbocycles. The molecule has 1 aliphatic heterocycles. The summed E-state index contributed by atoms with van der Waals surface area (Å²) in [5.41, 5.74) is 0.559. The van der Waals surface area contributed by atoms with Crippen molar-refractivity contribution in [2.24, 2.45) is 11.3 Å². The molecule has 1 aliphatic rings. The van der Waals surface area contributed by atoms with Gasteiger partial charge in [-0.3, -0.25) is 0 Å². The highest BCUT2D eigenvalue weighted by molar-refractivity contribution is 4.88. The van der Waals surface area contributed by atoms with Crippen LogP contribution >= 0.6 is 0 Å². The van der Waals surface area contributed by atoms with Crippen LogP contribution in [0.15, 0.2) is 0 Å². The molecular weight excluding hydrogens is 146 g/mol. The summed E-state index contributed by atoms with van der Waals surface area (Å²) >= 11 is 0. The summed E-state index contributed by atoms with van der Waals surface area (Å²) in [6.07, 6.45) is 4.17. The molecule has 0 aliphatic carbocycles. The summed E-state index contributed by atoms with van der Waals surface area (Å²) in [4.78, 5) is 2.47. The van der Waals surface area contributed by atoms with Crippen LogP contribution < -0.4 is 0 Å². The Bertz CT molecular complexity index is 140. The lowest BCUT2D eigenvalue weighted by Crippen LogP contribution is -2.22. The molecule has 1 fully saturated rings. The molecule has 0 spiro atoms. The molecule has 0 aromatic rings. The molecule has 0 N–H and O–H groups in total.